The van der Waals surface area contributed by atoms with Crippen molar-refractivity contribution in [2.45, 2.75) is 50.4 Å². The van der Waals surface area contributed by atoms with E-state index in [2.05, 4.69) is 20.4 Å². The first-order valence-electron chi connectivity index (χ1n) is 11.6. The lowest BCUT2D eigenvalue weighted by Crippen LogP contribution is -2.41. The van der Waals surface area contributed by atoms with E-state index in [-0.39, 0.29) is 47.3 Å². The molecule has 1 aliphatic carbocycles. The number of nitrogens with one attached hydrogen (secondary N) is 3. The fourth-order valence-electron chi connectivity index (χ4n) is 3.83. The summed E-state index contributed by atoms with van der Waals surface area (Å²) in [7, 11) is 0. The average molecular weight is 498 g/mol. The lowest BCUT2D eigenvalue weighted by molar-refractivity contribution is -0.118. The first-order chi connectivity index (χ1) is 16.8. The van der Waals surface area contributed by atoms with Gasteiger partial charge in [0.2, 0.25) is 5.88 Å². The zero-order valence-corrected chi connectivity index (χ0v) is 20.2. The van der Waals surface area contributed by atoms with Gasteiger partial charge in [-0.05, 0) is 31.3 Å². The van der Waals surface area contributed by atoms with E-state index in [0.717, 1.165) is 18.5 Å². The van der Waals surface area contributed by atoms with Gasteiger partial charge in [0.05, 0.1) is 40.7 Å². The summed E-state index contributed by atoms with van der Waals surface area (Å²) in [6, 6.07) is 1.87. The van der Waals surface area contributed by atoms with Crippen molar-refractivity contribution in [1.29, 1.82) is 0 Å². The highest BCUT2D eigenvalue weighted by Gasteiger charge is 2.28. The lowest BCUT2D eigenvalue weighted by Gasteiger charge is -2.20. The second-order valence-electron chi connectivity index (χ2n) is 9.14. The van der Waals surface area contributed by atoms with Gasteiger partial charge in [-0.1, -0.05) is 19.9 Å². The van der Waals surface area contributed by atoms with Gasteiger partial charge >= 0.3 is 5.69 Å². The summed E-state index contributed by atoms with van der Waals surface area (Å²) in [4.78, 5) is 39.3. The van der Waals surface area contributed by atoms with E-state index in [4.69, 9.17) is 9.98 Å². The van der Waals surface area contributed by atoms with Crippen molar-refractivity contribution >= 4 is 29.4 Å². The fraction of sp³-hybridized carbons (Fsp3) is 0.435. The molecule has 1 fully saturated rings. The summed E-state index contributed by atoms with van der Waals surface area (Å²) in [5, 5.41) is 27.4. The second-order valence-corrected chi connectivity index (χ2v) is 10.4. The fourth-order valence-corrected chi connectivity index (χ4v) is 4.93. The number of hydrogen-bond donors (Lipinski definition) is 5. The number of aromatic amines is 2. The van der Waals surface area contributed by atoms with Crippen LogP contribution in [0.5, 0.6) is 5.88 Å². The number of thioether (sulfide) groups is 1. The molecule has 5 rings (SSSR count). The average Bonchev–Trinajstić information content (AvgIpc) is 3.19. The quantitative estimate of drug-likeness (QED) is 0.313. The predicted octanol–water partition coefficient (Wildman–Crippen LogP) is 0.257. The van der Waals surface area contributed by atoms with Crippen molar-refractivity contribution < 1.29 is 15.0 Å². The number of aromatic nitrogens is 5. The Labute approximate surface area is 204 Å². The van der Waals surface area contributed by atoms with Gasteiger partial charge in [0.25, 0.3) is 5.91 Å². The molecule has 184 valence electrons. The van der Waals surface area contributed by atoms with Crippen molar-refractivity contribution in [3.05, 3.63) is 55.8 Å². The van der Waals surface area contributed by atoms with Crippen LogP contribution in [0.2, 0.25) is 0 Å². The van der Waals surface area contributed by atoms with Gasteiger partial charge in [0.15, 0.2) is 11.1 Å². The van der Waals surface area contributed by atoms with E-state index in [1.54, 1.807) is 16.8 Å². The van der Waals surface area contributed by atoms with Gasteiger partial charge in [0, 0.05) is 11.3 Å². The van der Waals surface area contributed by atoms with E-state index in [1.165, 1.54) is 11.8 Å². The van der Waals surface area contributed by atoms with E-state index >= 15 is 0 Å². The van der Waals surface area contributed by atoms with Crippen molar-refractivity contribution in [3.8, 4) is 5.88 Å². The summed E-state index contributed by atoms with van der Waals surface area (Å²) in [5.41, 5.74) is 1.71. The summed E-state index contributed by atoms with van der Waals surface area (Å²) >= 11 is 1.44. The number of hydrogen-bond acceptors (Lipinski definition) is 8. The molecule has 0 aromatic carbocycles. The van der Waals surface area contributed by atoms with Crippen molar-refractivity contribution in [1.82, 2.24) is 29.9 Å². The number of aliphatic hydroxyl groups excluding tert-OH is 1. The number of carbonyl (C=O) groups is 1. The second kappa shape index (κ2) is 9.34. The minimum Gasteiger partial charge on any atom is -0.493 e. The Morgan fingerprint density at radius 3 is 2.86 bits per heavy atom. The smallest absolute Gasteiger partial charge is 0.326 e. The number of imidazole rings is 1. The first-order valence-corrected chi connectivity index (χ1v) is 12.4. The summed E-state index contributed by atoms with van der Waals surface area (Å²) < 4.78 is 1.66. The van der Waals surface area contributed by atoms with Crippen LogP contribution in [0.15, 0.2) is 33.0 Å². The Bertz CT molecular complexity index is 1480. The minimum absolute atomic E-state index is 0.0799. The third-order valence-corrected chi connectivity index (χ3v) is 7.38. The topological polar surface area (TPSA) is 161 Å². The van der Waals surface area contributed by atoms with E-state index in [0.29, 0.717) is 27.7 Å². The van der Waals surface area contributed by atoms with Crippen LogP contribution in [0, 0.1) is 5.92 Å². The third kappa shape index (κ3) is 4.89. The summed E-state index contributed by atoms with van der Waals surface area (Å²) in [6.45, 7) is 3.79. The number of carbonyl (C=O) groups excluding carboxylic acids is 1. The molecule has 1 amide bonds. The van der Waals surface area contributed by atoms with Crippen LogP contribution in [-0.4, -0.2) is 59.4 Å². The Morgan fingerprint density at radius 1 is 1.40 bits per heavy atom. The largest absolute Gasteiger partial charge is 0.493 e. The van der Waals surface area contributed by atoms with Gasteiger partial charge in [-0.2, -0.15) is 9.61 Å². The van der Waals surface area contributed by atoms with E-state index < -0.39 is 5.69 Å². The Kier molecular flexibility index (Phi) is 6.24. The highest BCUT2D eigenvalue weighted by Crippen LogP contribution is 2.42. The highest BCUT2D eigenvalue weighted by molar-refractivity contribution is 8.04. The molecule has 3 aromatic heterocycles. The molecule has 1 aliphatic heterocycles. The molecule has 35 heavy (non-hydrogen) atoms. The minimum atomic E-state index is -0.511. The first kappa shape index (κ1) is 23.4. The maximum atomic E-state index is 12.8. The van der Waals surface area contributed by atoms with Crippen LogP contribution in [0.4, 0.5) is 0 Å². The number of aromatic hydroxyl groups is 1. The van der Waals surface area contributed by atoms with Crippen LogP contribution in [0.1, 0.15) is 49.7 Å². The van der Waals surface area contributed by atoms with E-state index in [1.807, 2.05) is 26.0 Å². The zero-order valence-electron chi connectivity index (χ0n) is 19.4. The molecule has 0 bridgehead atoms. The van der Waals surface area contributed by atoms with Crippen LogP contribution in [-0.2, 0) is 4.79 Å². The standard InChI is InChI=1S/C23H27N7O4S/c1-11(2)16(10-31)27-22(33)18-6-5-17(35-18)14-8-19(25-13-3-4-13)30-20(26-14)12(9-24-30)7-15-21(32)29-23(34)28-15/h6-9,11,13,16-17,31-32H,3-5,10H2,1-2H3,(H,27,33)(H2,28,29,34)/t16-,17?/m0/s1. The molecule has 1 unspecified atom stereocenters. The Hall–Kier alpha value is -3.38. The summed E-state index contributed by atoms with van der Waals surface area (Å²) in [5.74, 6) is -0.338. The number of allylic oxidation sites excluding steroid dienone is 1. The molecule has 1 saturated carbocycles. The molecule has 2 atom stereocenters. The molecule has 12 heteroatoms. The predicted molar refractivity (Wildman–Crippen MR) is 130 cm³/mol. The van der Waals surface area contributed by atoms with E-state index in [9.17, 15) is 19.8 Å². The highest BCUT2D eigenvalue weighted by atomic mass is 32.2. The number of amides is 1. The third-order valence-electron chi connectivity index (χ3n) is 6.06. The van der Waals surface area contributed by atoms with Crippen LogP contribution < -0.4 is 21.7 Å². The molecular formula is C23H27N7O4S. The molecule has 4 heterocycles. The van der Waals surface area contributed by atoms with Crippen LogP contribution >= 0.6 is 11.8 Å². The Balaban J connectivity index is 1.49. The maximum Gasteiger partial charge on any atom is 0.326 e. The van der Waals surface area contributed by atoms with Gasteiger partial charge < -0.3 is 20.5 Å². The Morgan fingerprint density at radius 2 is 2.20 bits per heavy atom. The lowest BCUT2D eigenvalue weighted by atomic mass is 10.1. The number of rotatable bonds is 7. The molecule has 11 nitrogen and oxygen atoms in total. The number of H-pyrrole nitrogens is 2. The molecule has 2 aliphatic rings. The van der Waals surface area contributed by atoms with Gasteiger partial charge in [0.1, 0.15) is 5.69 Å². The van der Waals surface area contributed by atoms with Crippen LogP contribution in [0.3, 0.4) is 0 Å². The van der Waals surface area contributed by atoms with Gasteiger partial charge in [-0.25, -0.2) is 9.78 Å². The molecule has 0 spiro atoms. The molecule has 3 aromatic rings. The maximum absolute atomic E-state index is 12.8. The molecule has 0 saturated heterocycles. The normalized spacial score (nSPS) is 20.1. The van der Waals surface area contributed by atoms with Crippen molar-refractivity contribution in [3.63, 3.8) is 0 Å². The molecular weight excluding hydrogens is 470 g/mol. The monoisotopic (exact) mass is 497 g/mol. The van der Waals surface area contributed by atoms with Crippen molar-refractivity contribution in [2.24, 2.45) is 10.9 Å². The number of fused-ring (bicyclic) bond motifs is 1. The molecule has 0 radical (unpaired) electrons. The number of aliphatic hydroxyl groups is 1. The zero-order chi connectivity index (χ0) is 24.7. The van der Waals surface area contributed by atoms with Crippen LogP contribution in [0.25, 0.3) is 11.7 Å². The van der Waals surface area contributed by atoms with Crippen molar-refractivity contribution in [2.75, 3.05) is 6.61 Å². The van der Waals surface area contributed by atoms with Gasteiger partial charge in [-0.3, -0.25) is 14.8 Å². The van der Waals surface area contributed by atoms with Gasteiger partial charge in [-0.15, -0.1) is 11.8 Å². The molecule has 5 N–H and O–H groups in total. The SMILES string of the molecule is CC(C)[C@H](CO)NC(=O)C1=CCC(c2cc(=NC3CC3)n3ncc(=Cc4[nH]c(=O)[nH]c4O)c3n2)S1. The summed E-state index contributed by atoms with van der Waals surface area (Å²) in [6.07, 6.45) is 7.81. The number of nitrogens with zero attached hydrogens (tertiary/aromatic N) is 4.